The molecule has 3 N–H and O–H groups in total. The van der Waals surface area contributed by atoms with Crippen molar-refractivity contribution in [2.75, 3.05) is 19.6 Å². The maximum atomic E-state index is 13.4. The molecule has 0 bridgehead atoms. The Bertz CT molecular complexity index is 641. The Kier molecular flexibility index (Phi) is 4.54. The Hall–Kier alpha value is -2.02. The summed E-state index contributed by atoms with van der Waals surface area (Å²) in [6.07, 6.45) is 2.88. The van der Waals surface area contributed by atoms with Crippen molar-refractivity contribution < 1.29 is 18.4 Å². The van der Waals surface area contributed by atoms with E-state index in [0.717, 1.165) is 25.5 Å². The first-order chi connectivity index (χ1) is 11.4. The number of carbonyl (C=O) groups is 2. The van der Waals surface area contributed by atoms with E-state index in [2.05, 4.69) is 5.32 Å². The number of hydrogen-bond acceptors (Lipinski definition) is 3. The summed E-state index contributed by atoms with van der Waals surface area (Å²) in [6, 6.07) is 3.37. The van der Waals surface area contributed by atoms with Gasteiger partial charge in [-0.2, -0.15) is 0 Å². The van der Waals surface area contributed by atoms with Gasteiger partial charge >= 0.3 is 0 Å². The molecule has 1 aliphatic carbocycles. The van der Waals surface area contributed by atoms with Gasteiger partial charge in [0.1, 0.15) is 11.6 Å². The van der Waals surface area contributed by atoms with E-state index in [9.17, 15) is 18.4 Å². The summed E-state index contributed by atoms with van der Waals surface area (Å²) in [7, 11) is 0. The van der Waals surface area contributed by atoms with Crippen LogP contribution in [0.3, 0.4) is 0 Å². The number of rotatable bonds is 5. The number of amides is 2. The van der Waals surface area contributed by atoms with Crippen LogP contribution in [-0.4, -0.2) is 36.3 Å². The monoisotopic (exact) mass is 337 g/mol. The number of nitrogens with one attached hydrogen (secondary N) is 1. The Labute approximate surface area is 139 Å². The molecule has 7 heteroatoms. The van der Waals surface area contributed by atoms with E-state index in [0.29, 0.717) is 24.9 Å². The number of primary amides is 1. The molecule has 1 heterocycles. The van der Waals surface area contributed by atoms with Gasteiger partial charge in [-0.05, 0) is 49.9 Å². The topological polar surface area (TPSA) is 75.4 Å². The predicted molar refractivity (Wildman–Crippen MR) is 83.8 cm³/mol. The van der Waals surface area contributed by atoms with Gasteiger partial charge in [-0.25, -0.2) is 8.78 Å². The van der Waals surface area contributed by atoms with Crippen LogP contribution in [0.5, 0.6) is 0 Å². The zero-order valence-corrected chi connectivity index (χ0v) is 13.4. The Morgan fingerprint density at radius 1 is 1.25 bits per heavy atom. The second-order valence-electron chi connectivity index (χ2n) is 6.77. The van der Waals surface area contributed by atoms with E-state index in [4.69, 9.17) is 5.73 Å². The fourth-order valence-corrected chi connectivity index (χ4v) is 3.41. The molecule has 1 atom stereocenters. The number of hydrogen-bond donors (Lipinski definition) is 2. The van der Waals surface area contributed by atoms with Crippen LogP contribution in [0.15, 0.2) is 18.2 Å². The number of piperidine rings is 1. The van der Waals surface area contributed by atoms with Crippen molar-refractivity contribution in [2.24, 2.45) is 11.7 Å². The van der Waals surface area contributed by atoms with Gasteiger partial charge in [0, 0.05) is 12.6 Å². The lowest BCUT2D eigenvalue weighted by Crippen LogP contribution is -2.47. The van der Waals surface area contributed by atoms with Crippen LogP contribution in [0.2, 0.25) is 0 Å². The maximum absolute atomic E-state index is 13.4. The highest BCUT2D eigenvalue weighted by atomic mass is 19.1. The fourth-order valence-electron chi connectivity index (χ4n) is 3.41. The zero-order valence-electron chi connectivity index (χ0n) is 13.4. The minimum absolute atomic E-state index is 0.133. The van der Waals surface area contributed by atoms with Gasteiger partial charge in [-0.1, -0.05) is 0 Å². The third-order valence-corrected chi connectivity index (χ3v) is 4.78. The molecular weight excluding hydrogens is 316 g/mol. The Balaban J connectivity index is 1.66. The van der Waals surface area contributed by atoms with Crippen molar-refractivity contribution >= 4 is 11.8 Å². The lowest BCUT2D eigenvalue weighted by atomic mass is 9.95. The summed E-state index contributed by atoms with van der Waals surface area (Å²) >= 11 is 0. The molecule has 0 spiro atoms. The number of likely N-dealkylation sites (tertiary alicyclic amines) is 1. The van der Waals surface area contributed by atoms with Crippen molar-refractivity contribution in [3.05, 3.63) is 35.4 Å². The molecule has 2 aliphatic rings. The zero-order chi connectivity index (χ0) is 17.3. The number of halogens is 2. The standard InChI is InChI=1S/C17H21F2N3O2/c18-13-6-12(7-14(19)8-13)17(3-4-17)21-16(24)11-2-1-5-22(9-11)10-15(20)23/h6-8,11H,1-5,9-10H2,(H2,20,23)(H,21,24). The van der Waals surface area contributed by atoms with E-state index in [-0.39, 0.29) is 18.4 Å². The SMILES string of the molecule is NC(=O)CN1CCCC(C(=O)NC2(c3cc(F)cc(F)c3)CC2)C1. The molecule has 1 aliphatic heterocycles. The number of benzene rings is 1. The normalized spacial score (nSPS) is 22.8. The van der Waals surface area contributed by atoms with Gasteiger partial charge in [0.25, 0.3) is 0 Å². The molecule has 1 saturated heterocycles. The molecule has 1 aromatic rings. The first-order valence-electron chi connectivity index (χ1n) is 8.17. The molecule has 24 heavy (non-hydrogen) atoms. The molecule has 3 rings (SSSR count). The van der Waals surface area contributed by atoms with Crippen LogP contribution in [0, 0.1) is 17.6 Å². The van der Waals surface area contributed by atoms with Gasteiger partial charge in [0.2, 0.25) is 11.8 Å². The smallest absolute Gasteiger partial charge is 0.231 e. The molecule has 1 saturated carbocycles. The largest absolute Gasteiger partial charge is 0.369 e. The third kappa shape index (κ3) is 3.72. The average molecular weight is 337 g/mol. The highest BCUT2D eigenvalue weighted by Gasteiger charge is 2.47. The quantitative estimate of drug-likeness (QED) is 0.850. The molecule has 130 valence electrons. The first-order valence-corrected chi connectivity index (χ1v) is 8.17. The van der Waals surface area contributed by atoms with Crippen molar-refractivity contribution in [3.63, 3.8) is 0 Å². The van der Waals surface area contributed by atoms with Crippen LogP contribution in [0.4, 0.5) is 8.78 Å². The van der Waals surface area contributed by atoms with Crippen molar-refractivity contribution in [3.8, 4) is 0 Å². The minimum Gasteiger partial charge on any atom is -0.369 e. The number of carbonyl (C=O) groups excluding carboxylic acids is 2. The van der Waals surface area contributed by atoms with Crippen molar-refractivity contribution in [1.29, 1.82) is 0 Å². The van der Waals surface area contributed by atoms with E-state index < -0.39 is 23.1 Å². The van der Waals surface area contributed by atoms with E-state index in [1.165, 1.54) is 12.1 Å². The lowest BCUT2D eigenvalue weighted by molar-refractivity contribution is -0.129. The van der Waals surface area contributed by atoms with Gasteiger partial charge in [-0.15, -0.1) is 0 Å². The average Bonchev–Trinajstić information content (AvgIpc) is 3.26. The number of nitrogens with two attached hydrogens (primary N) is 1. The fraction of sp³-hybridized carbons (Fsp3) is 0.529. The second-order valence-corrected chi connectivity index (χ2v) is 6.77. The molecular formula is C17H21F2N3O2. The highest BCUT2D eigenvalue weighted by Crippen LogP contribution is 2.46. The van der Waals surface area contributed by atoms with Crippen molar-refractivity contribution in [1.82, 2.24) is 10.2 Å². The summed E-state index contributed by atoms with van der Waals surface area (Å²) < 4.78 is 26.9. The van der Waals surface area contributed by atoms with E-state index in [1.54, 1.807) is 0 Å². The summed E-state index contributed by atoms with van der Waals surface area (Å²) in [5, 5.41) is 2.97. The van der Waals surface area contributed by atoms with E-state index in [1.807, 2.05) is 4.90 Å². The Morgan fingerprint density at radius 3 is 2.50 bits per heavy atom. The third-order valence-electron chi connectivity index (χ3n) is 4.78. The summed E-state index contributed by atoms with van der Waals surface area (Å²) in [5.41, 5.74) is 5.02. The summed E-state index contributed by atoms with van der Waals surface area (Å²) in [4.78, 5) is 25.5. The molecule has 2 fully saturated rings. The van der Waals surface area contributed by atoms with Crippen molar-refractivity contribution in [2.45, 2.75) is 31.2 Å². The maximum Gasteiger partial charge on any atom is 0.231 e. The van der Waals surface area contributed by atoms with Gasteiger partial charge in [-0.3, -0.25) is 14.5 Å². The van der Waals surface area contributed by atoms with Gasteiger partial charge in [0.15, 0.2) is 0 Å². The molecule has 1 unspecified atom stereocenters. The second kappa shape index (κ2) is 6.47. The number of nitrogens with zero attached hydrogens (tertiary/aromatic N) is 1. The van der Waals surface area contributed by atoms with E-state index >= 15 is 0 Å². The molecule has 0 aromatic heterocycles. The van der Waals surface area contributed by atoms with Gasteiger partial charge < -0.3 is 11.1 Å². The van der Waals surface area contributed by atoms with Gasteiger partial charge in [0.05, 0.1) is 18.0 Å². The van der Waals surface area contributed by atoms with Crippen LogP contribution in [0.1, 0.15) is 31.2 Å². The molecule has 1 aromatic carbocycles. The van der Waals surface area contributed by atoms with Crippen LogP contribution in [-0.2, 0) is 15.1 Å². The molecule has 2 amide bonds. The highest BCUT2D eigenvalue weighted by molar-refractivity contribution is 5.81. The lowest BCUT2D eigenvalue weighted by Gasteiger charge is -2.32. The van der Waals surface area contributed by atoms with Crippen LogP contribution >= 0.6 is 0 Å². The molecule has 0 radical (unpaired) electrons. The predicted octanol–water partition coefficient (Wildman–Crippen LogP) is 1.27. The summed E-state index contributed by atoms with van der Waals surface area (Å²) in [5.74, 6) is -2.07. The Morgan fingerprint density at radius 2 is 1.92 bits per heavy atom. The van der Waals surface area contributed by atoms with Crippen LogP contribution < -0.4 is 11.1 Å². The summed E-state index contributed by atoms with van der Waals surface area (Å²) in [6.45, 7) is 1.36. The first kappa shape index (κ1) is 16.8. The molecule has 5 nitrogen and oxygen atoms in total. The minimum atomic E-state index is -0.661. The van der Waals surface area contributed by atoms with Crippen LogP contribution in [0.25, 0.3) is 0 Å².